The largest absolute Gasteiger partial charge is 0.265 e. The van der Waals surface area contributed by atoms with Crippen molar-refractivity contribution in [2.24, 2.45) is 4.99 Å². The summed E-state index contributed by atoms with van der Waals surface area (Å²) in [4.78, 5) is 4.58. The van der Waals surface area contributed by atoms with Crippen molar-refractivity contribution in [1.82, 2.24) is 4.31 Å². The van der Waals surface area contributed by atoms with Gasteiger partial charge in [-0.3, -0.25) is 4.99 Å². The molecule has 9 heteroatoms. The maximum absolute atomic E-state index is 12.9. The summed E-state index contributed by atoms with van der Waals surface area (Å²) in [5.41, 5.74) is 0.881. The quantitative estimate of drug-likeness (QED) is 0.616. The van der Waals surface area contributed by atoms with Gasteiger partial charge in [-0.25, -0.2) is 12.7 Å². The van der Waals surface area contributed by atoms with Gasteiger partial charge in [0.15, 0.2) is 5.17 Å². The third kappa shape index (κ3) is 4.34. The first kappa shape index (κ1) is 19.0. The number of sulfonamides is 1. The molecule has 1 aliphatic rings. The molecule has 132 valence electrons. The Labute approximate surface area is 169 Å². The van der Waals surface area contributed by atoms with Gasteiger partial charge in [0, 0.05) is 20.3 Å². The molecule has 1 heterocycles. The van der Waals surface area contributed by atoms with Crippen molar-refractivity contribution >= 4 is 66.1 Å². The Morgan fingerprint density at radius 1 is 1.16 bits per heavy atom. The van der Waals surface area contributed by atoms with E-state index in [9.17, 15) is 8.42 Å². The van der Waals surface area contributed by atoms with E-state index in [0.717, 1.165) is 10.0 Å². The molecule has 0 saturated carbocycles. The van der Waals surface area contributed by atoms with Crippen LogP contribution in [0.25, 0.3) is 0 Å². The van der Waals surface area contributed by atoms with Gasteiger partial charge in [0.1, 0.15) is 0 Å². The SMILES string of the molecule is O=S(=O)(c1ccc(Br)cc1)N1CCN=C1SCc1ccc(Cl)cc1Cl. The zero-order valence-corrected chi connectivity index (χ0v) is 17.6. The maximum Gasteiger partial charge on any atom is 0.265 e. The van der Waals surface area contributed by atoms with Crippen molar-refractivity contribution in [1.29, 1.82) is 0 Å². The molecule has 0 atom stereocenters. The lowest BCUT2D eigenvalue weighted by Crippen LogP contribution is -2.32. The predicted molar refractivity (Wildman–Crippen MR) is 108 cm³/mol. The summed E-state index contributed by atoms with van der Waals surface area (Å²) in [6.07, 6.45) is 0. The van der Waals surface area contributed by atoms with Crippen molar-refractivity contribution < 1.29 is 8.42 Å². The first-order chi connectivity index (χ1) is 11.9. The summed E-state index contributed by atoms with van der Waals surface area (Å²) in [6.45, 7) is 0.793. The Bertz CT molecular complexity index is 918. The molecule has 0 fully saturated rings. The molecular weight excluding hydrogens is 467 g/mol. The number of nitrogens with zero attached hydrogens (tertiary/aromatic N) is 2. The van der Waals surface area contributed by atoms with E-state index in [-0.39, 0.29) is 4.90 Å². The maximum atomic E-state index is 12.9. The normalized spacial score (nSPS) is 14.7. The van der Waals surface area contributed by atoms with E-state index in [1.165, 1.54) is 16.1 Å². The van der Waals surface area contributed by atoms with E-state index in [4.69, 9.17) is 23.2 Å². The number of halogens is 3. The molecule has 0 bridgehead atoms. The highest BCUT2D eigenvalue weighted by molar-refractivity contribution is 9.10. The summed E-state index contributed by atoms with van der Waals surface area (Å²) in [5, 5.41) is 1.60. The number of amidine groups is 1. The summed E-state index contributed by atoms with van der Waals surface area (Å²) < 4.78 is 27.9. The van der Waals surface area contributed by atoms with E-state index >= 15 is 0 Å². The molecule has 0 aromatic heterocycles. The Hall–Kier alpha value is -0.730. The number of aliphatic imine (C=N–C) groups is 1. The lowest BCUT2D eigenvalue weighted by atomic mass is 10.2. The highest BCUT2D eigenvalue weighted by Crippen LogP contribution is 2.29. The van der Waals surface area contributed by atoms with Crippen molar-refractivity contribution in [3.8, 4) is 0 Å². The van der Waals surface area contributed by atoms with Gasteiger partial charge in [0.05, 0.1) is 18.0 Å². The van der Waals surface area contributed by atoms with Crippen LogP contribution in [0.15, 0.2) is 56.8 Å². The van der Waals surface area contributed by atoms with Crippen LogP contribution in [0.5, 0.6) is 0 Å². The second kappa shape index (κ2) is 7.88. The molecule has 1 aliphatic heterocycles. The van der Waals surface area contributed by atoms with E-state index in [2.05, 4.69) is 20.9 Å². The molecule has 3 rings (SSSR count). The van der Waals surface area contributed by atoms with Gasteiger partial charge < -0.3 is 0 Å². The average molecular weight is 480 g/mol. The molecule has 25 heavy (non-hydrogen) atoms. The first-order valence-corrected chi connectivity index (χ1v) is 11.2. The van der Waals surface area contributed by atoms with Crippen LogP contribution in [0.1, 0.15) is 5.56 Å². The lowest BCUT2D eigenvalue weighted by Gasteiger charge is -2.20. The predicted octanol–water partition coefficient (Wildman–Crippen LogP) is 5.05. The molecule has 0 spiro atoms. The van der Waals surface area contributed by atoms with Crippen molar-refractivity contribution in [3.63, 3.8) is 0 Å². The highest BCUT2D eigenvalue weighted by Gasteiger charge is 2.30. The second-order valence-corrected chi connectivity index (χ2v) is 9.78. The minimum absolute atomic E-state index is 0.246. The average Bonchev–Trinajstić information content (AvgIpc) is 3.04. The Balaban J connectivity index is 1.77. The summed E-state index contributed by atoms with van der Waals surface area (Å²) >= 11 is 16.7. The van der Waals surface area contributed by atoms with Gasteiger partial charge in [-0.2, -0.15) is 0 Å². The number of benzene rings is 2. The molecule has 0 aliphatic carbocycles. The van der Waals surface area contributed by atoms with Crippen molar-refractivity contribution in [2.75, 3.05) is 13.1 Å². The standard InChI is InChI=1S/C16H13BrCl2N2O2S2/c17-12-2-5-14(6-3-12)25(22,23)21-8-7-20-16(21)24-10-11-1-4-13(18)9-15(11)19/h1-6,9H,7-8,10H2. The van der Waals surface area contributed by atoms with Crippen LogP contribution in [0.3, 0.4) is 0 Å². The Morgan fingerprint density at radius 2 is 1.88 bits per heavy atom. The molecule has 2 aromatic rings. The molecule has 0 unspecified atom stereocenters. The topological polar surface area (TPSA) is 49.7 Å². The van der Waals surface area contributed by atoms with Crippen LogP contribution in [-0.4, -0.2) is 31.0 Å². The fourth-order valence-corrected chi connectivity index (χ4v) is 5.81. The van der Waals surface area contributed by atoms with Crippen LogP contribution in [0, 0.1) is 0 Å². The van der Waals surface area contributed by atoms with Crippen molar-refractivity contribution in [3.05, 3.63) is 62.5 Å². The van der Waals surface area contributed by atoms with Gasteiger partial charge in [0.25, 0.3) is 10.0 Å². The zero-order chi connectivity index (χ0) is 18.0. The van der Waals surface area contributed by atoms with Gasteiger partial charge in [-0.1, -0.05) is 57.0 Å². The Kier molecular flexibility index (Phi) is 6.00. The van der Waals surface area contributed by atoms with Gasteiger partial charge in [-0.15, -0.1) is 0 Å². The van der Waals surface area contributed by atoms with E-state index in [0.29, 0.717) is 34.1 Å². The molecule has 0 saturated heterocycles. The van der Waals surface area contributed by atoms with Crippen LogP contribution >= 0.6 is 50.9 Å². The van der Waals surface area contributed by atoms with Crippen LogP contribution in [-0.2, 0) is 15.8 Å². The van der Waals surface area contributed by atoms with Crippen molar-refractivity contribution in [2.45, 2.75) is 10.6 Å². The zero-order valence-electron chi connectivity index (χ0n) is 12.8. The third-order valence-electron chi connectivity index (χ3n) is 3.54. The molecule has 4 nitrogen and oxygen atoms in total. The summed E-state index contributed by atoms with van der Waals surface area (Å²) in [6, 6.07) is 11.8. The number of thioether (sulfide) groups is 1. The second-order valence-electron chi connectivity index (χ2n) is 5.22. The summed E-state index contributed by atoms with van der Waals surface area (Å²) in [5.74, 6) is 0.515. The molecular formula is C16H13BrCl2N2O2S2. The first-order valence-electron chi connectivity index (χ1n) is 7.27. The monoisotopic (exact) mass is 478 g/mol. The van der Waals surface area contributed by atoms with Crippen LogP contribution < -0.4 is 0 Å². The minimum atomic E-state index is -3.62. The fraction of sp³-hybridized carbons (Fsp3) is 0.188. The van der Waals surface area contributed by atoms with Gasteiger partial charge in [-0.05, 0) is 42.0 Å². The molecule has 2 aromatic carbocycles. The van der Waals surface area contributed by atoms with E-state index in [1.807, 2.05) is 6.07 Å². The molecule has 0 N–H and O–H groups in total. The minimum Gasteiger partial charge on any atom is -0.260 e. The number of rotatable bonds is 4. The van der Waals surface area contributed by atoms with Crippen LogP contribution in [0.4, 0.5) is 0 Å². The lowest BCUT2D eigenvalue weighted by molar-refractivity contribution is 0.540. The molecule has 0 amide bonds. The Morgan fingerprint density at radius 3 is 2.56 bits per heavy atom. The third-order valence-corrected chi connectivity index (χ3v) is 7.63. The number of hydrogen-bond donors (Lipinski definition) is 0. The van der Waals surface area contributed by atoms with Crippen LogP contribution in [0.2, 0.25) is 10.0 Å². The fourth-order valence-electron chi connectivity index (χ4n) is 2.27. The number of hydrogen-bond acceptors (Lipinski definition) is 4. The van der Waals surface area contributed by atoms with Gasteiger partial charge in [0.2, 0.25) is 0 Å². The highest BCUT2D eigenvalue weighted by atomic mass is 79.9. The summed E-state index contributed by atoms with van der Waals surface area (Å²) in [7, 11) is -3.62. The smallest absolute Gasteiger partial charge is 0.260 e. The van der Waals surface area contributed by atoms with Gasteiger partial charge >= 0.3 is 0 Å². The van der Waals surface area contributed by atoms with E-state index < -0.39 is 10.0 Å². The molecule has 0 radical (unpaired) electrons. The van der Waals surface area contributed by atoms with E-state index in [1.54, 1.807) is 36.4 Å².